The molecule has 0 fully saturated rings. The number of ether oxygens (including phenoxy) is 2. The van der Waals surface area contributed by atoms with Gasteiger partial charge >= 0.3 is 0 Å². The number of rotatable bonds is 10. The summed E-state index contributed by atoms with van der Waals surface area (Å²) in [6, 6.07) is 7.83. The molecule has 108 valence electrons. The molecule has 0 aliphatic rings. The minimum absolute atomic E-state index is 0.702. The van der Waals surface area contributed by atoms with E-state index in [2.05, 4.69) is 26.1 Å². The van der Waals surface area contributed by atoms with Crippen LogP contribution in [0.1, 0.15) is 33.6 Å². The first-order chi connectivity index (χ1) is 9.22. The summed E-state index contributed by atoms with van der Waals surface area (Å²) >= 11 is 0. The van der Waals surface area contributed by atoms with E-state index in [1.54, 1.807) is 0 Å². The molecule has 0 unspecified atom stereocenters. The molecule has 1 rings (SSSR count). The normalized spacial score (nSPS) is 10.7. The monoisotopic (exact) mass is 265 g/mol. The second-order valence-electron chi connectivity index (χ2n) is 5.10. The van der Waals surface area contributed by atoms with Gasteiger partial charge in [0.05, 0.1) is 6.61 Å². The average molecular weight is 265 g/mol. The van der Waals surface area contributed by atoms with Gasteiger partial charge < -0.3 is 14.8 Å². The maximum absolute atomic E-state index is 5.65. The Morgan fingerprint density at radius 3 is 2.05 bits per heavy atom. The SMILES string of the molecule is CCCOc1ccc(OCCNCCC(C)C)cc1. The standard InChI is InChI=1S/C16H27NO2/c1-4-12-18-15-5-7-16(8-6-15)19-13-11-17-10-9-14(2)3/h5-8,14,17H,4,9-13H2,1-3H3. The Morgan fingerprint density at radius 1 is 0.947 bits per heavy atom. The minimum atomic E-state index is 0.702. The molecule has 1 aromatic rings. The zero-order valence-corrected chi connectivity index (χ0v) is 12.4. The van der Waals surface area contributed by atoms with Crippen LogP contribution in [0.25, 0.3) is 0 Å². The first-order valence-corrected chi connectivity index (χ1v) is 7.28. The highest BCUT2D eigenvalue weighted by Crippen LogP contribution is 2.17. The largest absolute Gasteiger partial charge is 0.494 e. The van der Waals surface area contributed by atoms with Crippen molar-refractivity contribution in [2.75, 3.05) is 26.3 Å². The summed E-state index contributed by atoms with van der Waals surface area (Å²) in [5, 5.41) is 3.38. The van der Waals surface area contributed by atoms with Gasteiger partial charge in [0, 0.05) is 6.54 Å². The quantitative estimate of drug-likeness (QED) is 0.657. The van der Waals surface area contributed by atoms with E-state index in [0.717, 1.165) is 43.5 Å². The van der Waals surface area contributed by atoms with Crippen molar-refractivity contribution in [3.63, 3.8) is 0 Å². The predicted octanol–water partition coefficient (Wildman–Crippen LogP) is 3.49. The molecular weight excluding hydrogens is 238 g/mol. The lowest BCUT2D eigenvalue weighted by Gasteiger charge is -2.09. The van der Waals surface area contributed by atoms with Gasteiger partial charge in [0.25, 0.3) is 0 Å². The van der Waals surface area contributed by atoms with Crippen molar-refractivity contribution in [3.8, 4) is 11.5 Å². The Labute approximate surface area is 117 Å². The smallest absolute Gasteiger partial charge is 0.119 e. The summed E-state index contributed by atoms with van der Waals surface area (Å²) in [7, 11) is 0. The van der Waals surface area contributed by atoms with Crippen molar-refractivity contribution in [1.29, 1.82) is 0 Å². The lowest BCUT2D eigenvalue weighted by atomic mass is 10.1. The molecule has 0 bridgehead atoms. The van der Waals surface area contributed by atoms with E-state index in [-0.39, 0.29) is 0 Å². The highest BCUT2D eigenvalue weighted by molar-refractivity contribution is 5.31. The summed E-state index contributed by atoms with van der Waals surface area (Å²) in [5.41, 5.74) is 0. The van der Waals surface area contributed by atoms with Gasteiger partial charge in [-0.25, -0.2) is 0 Å². The number of hydrogen-bond acceptors (Lipinski definition) is 3. The molecule has 0 saturated carbocycles. The van der Waals surface area contributed by atoms with E-state index >= 15 is 0 Å². The van der Waals surface area contributed by atoms with Crippen molar-refractivity contribution in [2.24, 2.45) is 5.92 Å². The van der Waals surface area contributed by atoms with E-state index in [9.17, 15) is 0 Å². The van der Waals surface area contributed by atoms with E-state index in [0.29, 0.717) is 6.61 Å². The van der Waals surface area contributed by atoms with E-state index in [1.165, 1.54) is 6.42 Å². The summed E-state index contributed by atoms with van der Waals surface area (Å²) in [5.74, 6) is 2.56. The Bertz CT molecular complexity index is 322. The van der Waals surface area contributed by atoms with Crippen molar-refractivity contribution >= 4 is 0 Å². The number of benzene rings is 1. The Kier molecular flexibility index (Phi) is 8.07. The van der Waals surface area contributed by atoms with Crippen molar-refractivity contribution < 1.29 is 9.47 Å². The van der Waals surface area contributed by atoms with Gasteiger partial charge in [0.2, 0.25) is 0 Å². The van der Waals surface area contributed by atoms with Gasteiger partial charge in [-0.3, -0.25) is 0 Å². The number of hydrogen-bond donors (Lipinski definition) is 1. The molecule has 0 heterocycles. The third-order valence-electron chi connectivity index (χ3n) is 2.74. The topological polar surface area (TPSA) is 30.5 Å². The predicted molar refractivity (Wildman–Crippen MR) is 80.0 cm³/mol. The molecule has 0 aromatic heterocycles. The van der Waals surface area contributed by atoms with Crippen LogP contribution in [-0.4, -0.2) is 26.3 Å². The van der Waals surface area contributed by atoms with Crippen LogP contribution in [-0.2, 0) is 0 Å². The summed E-state index contributed by atoms with van der Waals surface area (Å²) in [6.45, 7) is 9.99. The van der Waals surface area contributed by atoms with Crippen LogP contribution < -0.4 is 14.8 Å². The molecule has 0 amide bonds. The van der Waals surface area contributed by atoms with Crippen molar-refractivity contribution in [1.82, 2.24) is 5.32 Å². The first kappa shape index (κ1) is 15.8. The number of nitrogens with one attached hydrogen (secondary N) is 1. The highest BCUT2D eigenvalue weighted by Gasteiger charge is 1.97. The first-order valence-electron chi connectivity index (χ1n) is 7.28. The molecule has 3 heteroatoms. The minimum Gasteiger partial charge on any atom is -0.494 e. The van der Waals surface area contributed by atoms with Crippen molar-refractivity contribution in [3.05, 3.63) is 24.3 Å². The maximum atomic E-state index is 5.65. The third kappa shape index (κ3) is 7.73. The molecule has 0 saturated heterocycles. The van der Waals surface area contributed by atoms with Crippen LogP contribution in [0.3, 0.4) is 0 Å². The van der Waals surface area contributed by atoms with Crippen LogP contribution in [0.15, 0.2) is 24.3 Å². The van der Waals surface area contributed by atoms with Crippen LogP contribution in [0.2, 0.25) is 0 Å². The van der Waals surface area contributed by atoms with Gasteiger partial charge in [0.1, 0.15) is 18.1 Å². The molecular formula is C16H27NO2. The Hall–Kier alpha value is -1.22. The molecule has 0 aliphatic heterocycles. The highest BCUT2D eigenvalue weighted by atomic mass is 16.5. The third-order valence-corrected chi connectivity index (χ3v) is 2.74. The fourth-order valence-corrected chi connectivity index (χ4v) is 1.61. The Balaban J connectivity index is 2.12. The molecule has 0 spiro atoms. The lowest BCUT2D eigenvalue weighted by Crippen LogP contribution is -2.22. The second-order valence-corrected chi connectivity index (χ2v) is 5.10. The van der Waals surface area contributed by atoms with Gasteiger partial charge in [-0.05, 0) is 49.6 Å². The molecule has 1 N–H and O–H groups in total. The molecule has 3 nitrogen and oxygen atoms in total. The average Bonchev–Trinajstić information content (AvgIpc) is 2.41. The van der Waals surface area contributed by atoms with Crippen LogP contribution in [0.5, 0.6) is 11.5 Å². The van der Waals surface area contributed by atoms with Gasteiger partial charge in [0.15, 0.2) is 0 Å². The molecule has 0 aliphatic carbocycles. The summed E-state index contributed by atoms with van der Waals surface area (Å²) in [4.78, 5) is 0. The van der Waals surface area contributed by atoms with Crippen molar-refractivity contribution in [2.45, 2.75) is 33.6 Å². The molecule has 19 heavy (non-hydrogen) atoms. The van der Waals surface area contributed by atoms with Crippen LogP contribution in [0.4, 0.5) is 0 Å². The summed E-state index contributed by atoms with van der Waals surface area (Å²) < 4.78 is 11.2. The maximum Gasteiger partial charge on any atom is 0.119 e. The molecule has 0 radical (unpaired) electrons. The fraction of sp³-hybridized carbons (Fsp3) is 0.625. The lowest BCUT2D eigenvalue weighted by molar-refractivity contribution is 0.306. The van der Waals surface area contributed by atoms with Crippen LogP contribution in [0, 0.1) is 5.92 Å². The Morgan fingerprint density at radius 2 is 1.53 bits per heavy atom. The zero-order chi connectivity index (χ0) is 13.9. The van der Waals surface area contributed by atoms with Gasteiger partial charge in [-0.1, -0.05) is 20.8 Å². The summed E-state index contributed by atoms with van der Waals surface area (Å²) in [6.07, 6.45) is 2.24. The van der Waals surface area contributed by atoms with E-state index in [4.69, 9.17) is 9.47 Å². The molecule has 1 aromatic carbocycles. The van der Waals surface area contributed by atoms with E-state index < -0.39 is 0 Å². The van der Waals surface area contributed by atoms with Gasteiger partial charge in [-0.15, -0.1) is 0 Å². The van der Waals surface area contributed by atoms with E-state index in [1.807, 2.05) is 24.3 Å². The van der Waals surface area contributed by atoms with Gasteiger partial charge in [-0.2, -0.15) is 0 Å². The fourth-order valence-electron chi connectivity index (χ4n) is 1.61. The van der Waals surface area contributed by atoms with Crippen LogP contribution >= 0.6 is 0 Å². The zero-order valence-electron chi connectivity index (χ0n) is 12.4. The molecule has 0 atom stereocenters. The second kappa shape index (κ2) is 9.68.